The van der Waals surface area contributed by atoms with E-state index in [1.807, 2.05) is 6.07 Å². The fourth-order valence-electron chi connectivity index (χ4n) is 2.52. The lowest BCUT2D eigenvalue weighted by Gasteiger charge is -2.19. The van der Waals surface area contributed by atoms with Crippen LogP contribution in [0, 0.1) is 5.92 Å². The van der Waals surface area contributed by atoms with Gasteiger partial charge in [-0.15, -0.1) is 0 Å². The van der Waals surface area contributed by atoms with Crippen LogP contribution < -0.4 is 9.47 Å². The van der Waals surface area contributed by atoms with Gasteiger partial charge in [0.05, 0.1) is 24.3 Å². The standard InChI is InChI=1S/C16H23ClO3/c1-3-11(4-2)8-14(18)12-9-13(17)16-15(10-12)19-6-5-7-20-16/h9-11,14,18H,3-8H2,1-2H3. The summed E-state index contributed by atoms with van der Waals surface area (Å²) in [7, 11) is 0. The predicted molar refractivity (Wildman–Crippen MR) is 80.7 cm³/mol. The molecule has 0 aromatic heterocycles. The largest absolute Gasteiger partial charge is 0.489 e. The average Bonchev–Trinajstić information content (AvgIpc) is 2.70. The Morgan fingerprint density at radius 2 is 1.90 bits per heavy atom. The molecule has 0 aliphatic carbocycles. The molecular formula is C16H23ClO3. The Hall–Kier alpha value is -0.930. The van der Waals surface area contributed by atoms with Crippen LogP contribution in [-0.4, -0.2) is 18.3 Å². The molecule has 4 heteroatoms. The SMILES string of the molecule is CCC(CC)CC(O)c1cc(Cl)c2c(c1)OCCCO2. The van der Waals surface area contributed by atoms with Crippen LogP contribution in [0.2, 0.25) is 5.02 Å². The monoisotopic (exact) mass is 298 g/mol. The third-order valence-electron chi connectivity index (χ3n) is 3.92. The zero-order chi connectivity index (χ0) is 14.5. The lowest BCUT2D eigenvalue weighted by molar-refractivity contribution is 0.140. The summed E-state index contributed by atoms with van der Waals surface area (Å²) >= 11 is 6.25. The van der Waals surface area contributed by atoms with E-state index in [1.54, 1.807) is 6.07 Å². The second-order valence-electron chi connectivity index (χ2n) is 5.31. The molecule has 112 valence electrons. The number of benzene rings is 1. The molecule has 1 unspecified atom stereocenters. The number of rotatable bonds is 5. The summed E-state index contributed by atoms with van der Waals surface area (Å²) in [6, 6.07) is 3.65. The van der Waals surface area contributed by atoms with E-state index < -0.39 is 6.10 Å². The number of fused-ring (bicyclic) bond motifs is 1. The summed E-state index contributed by atoms with van der Waals surface area (Å²) < 4.78 is 11.3. The van der Waals surface area contributed by atoms with Gasteiger partial charge >= 0.3 is 0 Å². The van der Waals surface area contributed by atoms with E-state index in [0.29, 0.717) is 35.7 Å². The first kappa shape index (κ1) is 15.5. The van der Waals surface area contributed by atoms with Crippen molar-refractivity contribution in [3.8, 4) is 11.5 Å². The minimum atomic E-state index is -0.505. The molecule has 0 radical (unpaired) electrons. The number of aliphatic hydroxyl groups is 1. The Labute approximate surface area is 125 Å². The molecule has 0 saturated heterocycles. The van der Waals surface area contributed by atoms with Crippen LogP contribution in [-0.2, 0) is 0 Å². The van der Waals surface area contributed by atoms with Gasteiger partial charge in [0.15, 0.2) is 11.5 Å². The number of hydrogen-bond donors (Lipinski definition) is 1. The Balaban J connectivity index is 2.20. The lowest BCUT2D eigenvalue weighted by atomic mass is 9.93. The van der Waals surface area contributed by atoms with Crippen molar-refractivity contribution in [1.82, 2.24) is 0 Å². The molecule has 1 aliphatic heterocycles. The summed E-state index contributed by atoms with van der Waals surface area (Å²) in [5.41, 5.74) is 0.811. The Morgan fingerprint density at radius 1 is 1.20 bits per heavy atom. The summed E-state index contributed by atoms with van der Waals surface area (Å²) in [6.45, 7) is 5.54. The van der Waals surface area contributed by atoms with Gasteiger partial charge < -0.3 is 14.6 Å². The second-order valence-corrected chi connectivity index (χ2v) is 5.72. The third-order valence-corrected chi connectivity index (χ3v) is 4.20. The zero-order valence-electron chi connectivity index (χ0n) is 12.2. The van der Waals surface area contributed by atoms with Crippen LogP contribution in [0.4, 0.5) is 0 Å². The molecule has 0 fully saturated rings. The quantitative estimate of drug-likeness (QED) is 0.877. The Kier molecular flexibility index (Phi) is 5.55. The fourth-order valence-corrected chi connectivity index (χ4v) is 2.79. The second kappa shape index (κ2) is 7.19. The Bertz CT molecular complexity index is 444. The van der Waals surface area contributed by atoms with Crippen LogP contribution in [0.1, 0.15) is 51.2 Å². The molecule has 1 aromatic rings. The lowest BCUT2D eigenvalue weighted by Crippen LogP contribution is -2.06. The van der Waals surface area contributed by atoms with Crippen molar-refractivity contribution in [1.29, 1.82) is 0 Å². The van der Waals surface area contributed by atoms with Crippen LogP contribution in [0.15, 0.2) is 12.1 Å². The van der Waals surface area contributed by atoms with Gasteiger partial charge in [-0.25, -0.2) is 0 Å². The van der Waals surface area contributed by atoms with E-state index in [0.717, 1.165) is 31.2 Å². The molecule has 1 aliphatic rings. The molecule has 1 N–H and O–H groups in total. The highest BCUT2D eigenvalue weighted by atomic mass is 35.5. The van der Waals surface area contributed by atoms with E-state index in [4.69, 9.17) is 21.1 Å². The maximum atomic E-state index is 10.4. The minimum Gasteiger partial charge on any atom is -0.489 e. The van der Waals surface area contributed by atoms with Crippen LogP contribution >= 0.6 is 11.6 Å². The first-order valence-corrected chi connectivity index (χ1v) is 7.80. The van der Waals surface area contributed by atoms with E-state index in [-0.39, 0.29) is 0 Å². The van der Waals surface area contributed by atoms with Gasteiger partial charge in [-0.3, -0.25) is 0 Å². The molecule has 0 amide bonds. The van der Waals surface area contributed by atoms with Crippen molar-refractivity contribution < 1.29 is 14.6 Å². The van der Waals surface area contributed by atoms with Gasteiger partial charge in [-0.2, -0.15) is 0 Å². The van der Waals surface area contributed by atoms with Crippen molar-refractivity contribution in [3.63, 3.8) is 0 Å². The average molecular weight is 299 g/mol. The highest BCUT2D eigenvalue weighted by Crippen LogP contribution is 2.40. The predicted octanol–water partition coefficient (Wildman–Crippen LogP) is 4.36. The zero-order valence-corrected chi connectivity index (χ0v) is 12.9. The summed E-state index contributed by atoms with van der Waals surface area (Å²) in [6.07, 6.45) is 3.24. The van der Waals surface area contributed by atoms with E-state index in [1.165, 1.54) is 0 Å². The summed E-state index contributed by atoms with van der Waals surface area (Å²) in [5.74, 6) is 1.77. The Morgan fingerprint density at radius 3 is 2.60 bits per heavy atom. The number of ether oxygens (including phenoxy) is 2. The molecule has 2 rings (SSSR count). The number of hydrogen-bond acceptors (Lipinski definition) is 3. The van der Waals surface area contributed by atoms with Crippen molar-refractivity contribution >= 4 is 11.6 Å². The summed E-state index contributed by atoms with van der Waals surface area (Å²) in [5, 5.41) is 10.9. The highest BCUT2D eigenvalue weighted by molar-refractivity contribution is 6.32. The van der Waals surface area contributed by atoms with Crippen LogP contribution in [0.3, 0.4) is 0 Å². The summed E-state index contributed by atoms with van der Waals surface area (Å²) in [4.78, 5) is 0. The van der Waals surface area contributed by atoms with Gasteiger partial charge in [0.2, 0.25) is 0 Å². The van der Waals surface area contributed by atoms with Gasteiger partial charge in [0, 0.05) is 6.42 Å². The maximum Gasteiger partial charge on any atom is 0.179 e. The molecule has 1 atom stereocenters. The normalized spacial score (nSPS) is 16.1. The molecular weight excluding hydrogens is 276 g/mol. The first-order valence-electron chi connectivity index (χ1n) is 7.42. The third kappa shape index (κ3) is 3.58. The topological polar surface area (TPSA) is 38.7 Å². The first-order chi connectivity index (χ1) is 9.65. The highest BCUT2D eigenvalue weighted by Gasteiger charge is 2.20. The minimum absolute atomic E-state index is 0.505. The van der Waals surface area contributed by atoms with Crippen molar-refractivity contribution in [2.24, 2.45) is 5.92 Å². The van der Waals surface area contributed by atoms with Gasteiger partial charge in [0.25, 0.3) is 0 Å². The van der Waals surface area contributed by atoms with Crippen LogP contribution in [0.5, 0.6) is 11.5 Å². The number of halogens is 1. The molecule has 0 bridgehead atoms. The van der Waals surface area contributed by atoms with Gasteiger partial charge in [0.1, 0.15) is 0 Å². The smallest absolute Gasteiger partial charge is 0.179 e. The maximum absolute atomic E-state index is 10.4. The van der Waals surface area contributed by atoms with Crippen molar-refractivity contribution in [2.75, 3.05) is 13.2 Å². The number of aliphatic hydroxyl groups excluding tert-OH is 1. The van der Waals surface area contributed by atoms with Crippen LogP contribution in [0.25, 0.3) is 0 Å². The van der Waals surface area contributed by atoms with E-state index in [2.05, 4.69) is 13.8 Å². The van der Waals surface area contributed by atoms with Gasteiger partial charge in [-0.05, 0) is 30.0 Å². The molecule has 1 heterocycles. The van der Waals surface area contributed by atoms with Crippen molar-refractivity contribution in [2.45, 2.75) is 45.6 Å². The molecule has 3 nitrogen and oxygen atoms in total. The van der Waals surface area contributed by atoms with Crippen molar-refractivity contribution in [3.05, 3.63) is 22.7 Å². The molecule has 0 saturated carbocycles. The van der Waals surface area contributed by atoms with E-state index >= 15 is 0 Å². The molecule has 20 heavy (non-hydrogen) atoms. The molecule has 0 spiro atoms. The fraction of sp³-hybridized carbons (Fsp3) is 0.625. The van der Waals surface area contributed by atoms with Gasteiger partial charge in [-0.1, -0.05) is 38.3 Å². The molecule has 1 aromatic carbocycles. The van der Waals surface area contributed by atoms with E-state index in [9.17, 15) is 5.11 Å².